The minimum atomic E-state index is 0.581. The number of hydrogen-bond donors (Lipinski definition) is 1. The lowest BCUT2D eigenvalue weighted by atomic mass is 10.3. The van der Waals surface area contributed by atoms with Gasteiger partial charge in [-0.3, -0.25) is 0 Å². The summed E-state index contributed by atoms with van der Waals surface area (Å²) in [5.74, 6) is 0. The van der Waals surface area contributed by atoms with Crippen LogP contribution < -0.4 is 5.32 Å². The number of methoxy groups -OCH3 is 1. The number of ether oxygens (including phenoxy) is 3. The van der Waals surface area contributed by atoms with Crippen LogP contribution in [0.1, 0.15) is 0 Å². The van der Waals surface area contributed by atoms with Crippen LogP contribution in [0.4, 0.5) is 5.69 Å². The Kier molecular flexibility index (Phi) is 9.20. The van der Waals surface area contributed by atoms with E-state index >= 15 is 0 Å². The van der Waals surface area contributed by atoms with Crippen molar-refractivity contribution in [2.45, 2.75) is 0 Å². The van der Waals surface area contributed by atoms with Gasteiger partial charge in [-0.15, -0.1) is 0 Å². The molecule has 1 rings (SSSR count). The Morgan fingerprint density at radius 1 is 1.11 bits per heavy atom. The second-order valence-electron chi connectivity index (χ2n) is 3.77. The van der Waals surface area contributed by atoms with Gasteiger partial charge in [0, 0.05) is 18.1 Å². The Morgan fingerprint density at radius 2 is 1.79 bits per heavy atom. The van der Waals surface area contributed by atoms with Gasteiger partial charge in [-0.1, -0.05) is 27.5 Å². The van der Waals surface area contributed by atoms with Crippen LogP contribution in [0.5, 0.6) is 0 Å². The van der Waals surface area contributed by atoms with Gasteiger partial charge < -0.3 is 19.5 Å². The van der Waals surface area contributed by atoms with E-state index in [4.69, 9.17) is 25.8 Å². The molecule has 0 aliphatic rings. The highest BCUT2D eigenvalue weighted by Gasteiger charge is 1.99. The topological polar surface area (TPSA) is 39.7 Å². The number of halogens is 2. The van der Waals surface area contributed by atoms with Gasteiger partial charge in [0.2, 0.25) is 0 Å². The van der Waals surface area contributed by atoms with Crippen molar-refractivity contribution < 1.29 is 14.2 Å². The predicted molar refractivity (Wildman–Crippen MR) is 81.2 cm³/mol. The highest BCUT2D eigenvalue weighted by Crippen LogP contribution is 2.25. The zero-order valence-electron chi connectivity index (χ0n) is 11.0. The lowest BCUT2D eigenvalue weighted by molar-refractivity contribution is 0.0272. The molecular formula is C13H19BrClNO3. The van der Waals surface area contributed by atoms with E-state index in [1.165, 1.54) is 0 Å². The standard InChI is InChI=1S/C13H19BrClNO3/c1-17-6-7-19-9-8-18-5-4-16-13-10-11(14)2-3-12(13)15/h2-3,10,16H,4-9H2,1H3. The van der Waals surface area contributed by atoms with E-state index in [0.717, 1.165) is 10.2 Å². The quantitative estimate of drug-likeness (QED) is 0.657. The first kappa shape index (κ1) is 16.7. The smallest absolute Gasteiger partial charge is 0.0701 e. The highest BCUT2D eigenvalue weighted by molar-refractivity contribution is 9.10. The fourth-order valence-electron chi connectivity index (χ4n) is 1.36. The Bertz CT molecular complexity index is 366. The summed E-state index contributed by atoms with van der Waals surface area (Å²) in [4.78, 5) is 0. The minimum absolute atomic E-state index is 0.581. The van der Waals surface area contributed by atoms with Gasteiger partial charge in [-0.25, -0.2) is 0 Å². The number of nitrogens with one attached hydrogen (secondary N) is 1. The molecule has 0 saturated carbocycles. The summed E-state index contributed by atoms with van der Waals surface area (Å²) in [6, 6.07) is 5.69. The van der Waals surface area contributed by atoms with E-state index in [9.17, 15) is 0 Å². The van der Waals surface area contributed by atoms with E-state index in [-0.39, 0.29) is 0 Å². The number of benzene rings is 1. The van der Waals surface area contributed by atoms with Crippen LogP contribution in [-0.2, 0) is 14.2 Å². The maximum atomic E-state index is 6.05. The summed E-state index contributed by atoms with van der Waals surface area (Å²) < 4.78 is 16.6. The second-order valence-corrected chi connectivity index (χ2v) is 5.09. The zero-order chi connectivity index (χ0) is 13.9. The molecule has 0 atom stereocenters. The molecule has 6 heteroatoms. The molecule has 108 valence electrons. The summed E-state index contributed by atoms with van der Waals surface area (Å²) in [5.41, 5.74) is 0.899. The van der Waals surface area contributed by atoms with Crippen LogP contribution in [0.2, 0.25) is 5.02 Å². The maximum Gasteiger partial charge on any atom is 0.0701 e. The third-order valence-corrected chi connectivity index (χ3v) is 3.12. The lowest BCUT2D eigenvalue weighted by Gasteiger charge is -2.09. The van der Waals surface area contributed by atoms with Crippen LogP contribution in [-0.4, -0.2) is 46.7 Å². The molecule has 0 fully saturated rings. The summed E-state index contributed by atoms with van der Waals surface area (Å²) >= 11 is 9.45. The first-order valence-electron chi connectivity index (χ1n) is 6.07. The van der Waals surface area contributed by atoms with Crippen LogP contribution in [0.15, 0.2) is 22.7 Å². The molecule has 1 aromatic carbocycles. The van der Waals surface area contributed by atoms with Crippen LogP contribution in [0, 0.1) is 0 Å². The minimum Gasteiger partial charge on any atom is -0.382 e. The van der Waals surface area contributed by atoms with Crippen molar-refractivity contribution in [2.75, 3.05) is 52.0 Å². The highest BCUT2D eigenvalue weighted by atomic mass is 79.9. The lowest BCUT2D eigenvalue weighted by Crippen LogP contribution is -2.13. The van der Waals surface area contributed by atoms with Crippen LogP contribution in [0.3, 0.4) is 0 Å². The molecule has 19 heavy (non-hydrogen) atoms. The van der Waals surface area contributed by atoms with E-state index < -0.39 is 0 Å². The fourth-order valence-corrected chi connectivity index (χ4v) is 1.90. The Hall–Kier alpha value is -0.330. The average molecular weight is 353 g/mol. The summed E-state index contributed by atoms with van der Waals surface area (Å²) in [7, 11) is 1.65. The molecule has 1 N–H and O–H groups in total. The predicted octanol–water partition coefficient (Wildman–Crippen LogP) is 3.19. The van der Waals surface area contributed by atoms with Crippen molar-refractivity contribution in [3.63, 3.8) is 0 Å². The van der Waals surface area contributed by atoms with E-state index in [2.05, 4.69) is 21.2 Å². The molecule has 0 spiro atoms. The molecule has 0 aliphatic carbocycles. The molecule has 0 saturated heterocycles. The van der Waals surface area contributed by atoms with Gasteiger partial charge in [0.25, 0.3) is 0 Å². The fraction of sp³-hybridized carbons (Fsp3) is 0.538. The molecule has 0 unspecified atom stereocenters. The SMILES string of the molecule is COCCOCCOCCNc1cc(Br)ccc1Cl. The maximum absolute atomic E-state index is 6.05. The normalized spacial score (nSPS) is 10.7. The molecule has 0 radical (unpaired) electrons. The Labute approximate surface area is 127 Å². The van der Waals surface area contributed by atoms with Crippen molar-refractivity contribution in [1.29, 1.82) is 0 Å². The molecule has 0 aromatic heterocycles. The van der Waals surface area contributed by atoms with Crippen molar-refractivity contribution in [3.05, 3.63) is 27.7 Å². The van der Waals surface area contributed by atoms with Gasteiger partial charge >= 0.3 is 0 Å². The molecule has 4 nitrogen and oxygen atoms in total. The summed E-state index contributed by atoms with van der Waals surface area (Å²) in [6.45, 7) is 3.69. The number of hydrogen-bond acceptors (Lipinski definition) is 4. The molecule has 0 aliphatic heterocycles. The van der Waals surface area contributed by atoms with Crippen LogP contribution >= 0.6 is 27.5 Å². The first-order valence-corrected chi connectivity index (χ1v) is 7.24. The van der Waals surface area contributed by atoms with E-state index in [1.807, 2.05) is 18.2 Å². The molecule has 1 aromatic rings. The van der Waals surface area contributed by atoms with E-state index in [1.54, 1.807) is 7.11 Å². The summed E-state index contributed by atoms with van der Waals surface area (Å²) in [6.07, 6.45) is 0. The van der Waals surface area contributed by atoms with Gasteiger partial charge in [-0.2, -0.15) is 0 Å². The molecular weight excluding hydrogens is 334 g/mol. The molecule has 0 amide bonds. The van der Waals surface area contributed by atoms with E-state index in [0.29, 0.717) is 44.6 Å². The van der Waals surface area contributed by atoms with Gasteiger partial charge in [0.05, 0.1) is 43.7 Å². The monoisotopic (exact) mass is 351 g/mol. The second kappa shape index (κ2) is 10.5. The Balaban J connectivity index is 2.03. The van der Waals surface area contributed by atoms with Crippen molar-refractivity contribution >= 4 is 33.2 Å². The van der Waals surface area contributed by atoms with Crippen molar-refractivity contribution in [2.24, 2.45) is 0 Å². The first-order chi connectivity index (χ1) is 9.24. The zero-order valence-corrected chi connectivity index (χ0v) is 13.3. The van der Waals surface area contributed by atoms with Gasteiger partial charge in [-0.05, 0) is 18.2 Å². The van der Waals surface area contributed by atoms with Crippen molar-refractivity contribution in [3.8, 4) is 0 Å². The third kappa shape index (κ3) is 7.74. The molecule has 0 heterocycles. The number of rotatable bonds is 10. The number of anilines is 1. The largest absolute Gasteiger partial charge is 0.382 e. The molecule has 0 bridgehead atoms. The average Bonchev–Trinajstić information content (AvgIpc) is 2.40. The van der Waals surface area contributed by atoms with Gasteiger partial charge in [0.1, 0.15) is 0 Å². The van der Waals surface area contributed by atoms with Gasteiger partial charge in [0.15, 0.2) is 0 Å². The Morgan fingerprint density at radius 3 is 2.53 bits per heavy atom. The van der Waals surface area contributed by atoms with Crippen molar-refractivity contribution in [1.82, 2.24) is 0 Å². The third-order valence-electron chi connectivity index (χ3n) is 2.29. The van der Waals surface area contributed by atoms with Crippen LogP contribution in [0.25, 0.3) is 0 Å². The summed E-state index contributed by atoms with van der Waals surface area (Å²) in [5, 5.41) is 3.92.